The van der Waals surface area contributed by atoms with Gasteiger partial charge in [0.25, 0.3) is 0 Å². The van der Waals surface area contributed by atoms with Crippen LogP contribution in [0.2, 0.25) is 39.3 Å². The maximum absolute atomic E-state index is 7.08. The second-order valence-electron chi connectivity index (χ2n) is 4.50. The SMILES string of the molecule is C[Si](C)(C)[NH-].C[Si](C)(C)[NH-].[Gd+2]. The van der Waals surface area contributed by atoms with E-state index in [1.54, 1.807) is 0 Å². The molecule has 0 aromatic heterocycles. The standard InChI is InChI=1S/2C3H10NSi.Gd/c2*1-5(2,3)4;/h2*4H,1-3H3;/q2*-1;+2. The van der Waals surface area contributed by atoms with E-state index in [-0.39, 0.29) is 39.9 Å². The zero-order chi connectivity index (χ0) is 9.00. The zero-order valence-corrected chi connectivity index (χ0v) is 12.6. The topological polar surface area (TPSA) is 47.6 Å². The fraction of sp³-hybridized carbons (Fsp3) is 1.00. The molecule has 0 aliphatic rings. The second kappa shape index (κ2) is 7.12. The first-order valence-electron chi connectivity index (χ1n) is 3.50. The van der Waals surface area contributed by atoms with Crippen molar-refractivity contribution in [3.05, 3.63) is 10.8 Å². The van der Waals surface area contributed by atoms with Gasteiger partial charge in [0, 0.05) is 0 Å². The van der Waals surface area contributed by atoms with Crippen LogP contribution in [0.4, 0.5) is 0 Å². The fourth-order valence-electron chi connectivity index (χ4n) is 0. The predicted molar refractivity (Wildman–Crippen MR) is 55.3 cm³/mol. The summed E-state index contributed by atoms with van der Waals surface area (Å²) >= 11 is 0. The van der Waals surface area contributed by atoms with Crippen LogP contribution >= 0.6 is 0 Å². The van der Waals surface area contributed by atoms with Gasteiger partial charge in [0.15, 0.2) is 0 Å². The molecule has 0 spiro atoms. The molecule has 0 rings (SSSR count). The van der Waals surface area contributed by atoms with Crippen LogP contribution in [0.15, 0.2) is 0 Å². The molecule has 0 aromatic rings. The predicted octanol–water partition coefficient (Wildman–Crippen LogP) is 3.75. The third-order valence-electron chi connectivity index (χ3n) is 0. The summed E-state index contributed by atoms with van der Waals surface area (Å²) in [5, 5.41) is 14.2. The summed E-state index contributed by atoms with van der Waals surface area (Å²) < 4.78 is 0. The monoisotopic (exact) mass is 334 g/mol. The minimum atomic E-state index is -1.36. The molecule has 0 bridgehead atoms. The van der Waals surface area contributed by atoms with Crippen LogP contribution in [0.25, 0.3) is 10.8 Å². The minimum absolute atomic E-state index is 0. The smallest absolute Gasteiger partial charge is 0.680 e. The van der Waals surface area contributed by atoms with Crippen molar-refractivity contribution in [1.29, 1.82) is 0 Å². The summed E-state index contributed by atoms with van der Waals surface area (Å²) in [6.07, 6.45) is 0. The summed E-state index contributed by atoms with van der Waals surface area (Å²) in [4.78, 5) is 0. The molecule has 0 aliphatic carbocycles. The molecule has 0 aliphatic heterocycles. The average Bonchev–Trinajstić information content (AvgIpc) is 1.12. The van der Waals surface area contributed by atoms with Crippen LogP contribution in [-0.2, 0) is 0 Å². The molecule has 0 atom stereocenters. The Balaban J connectivity index is -0.000000107. The van der Waals surface area contributed by atoms with Crippen molar-refractivity contribution in [1.82, 2.24) is 0 Å². The minimum Gasteiger partial charge on any atom is -0.680 e. The first-order chi connectivity index (χ1) is 4.00. The van der Waals surface area contributed by atoms with Gasteiger partial charge in [-0.25, -0.2) is 0 Å². The molecule has 0 saturated heterocycles. The van der Waals surface area contributed by atoms with E-state index in [0.29, 0.717) is 0 Å². The molecule has 70 valence electrons. The van der Waals surface area contributed by atoms with Gasteiger partial charge in [0.1, 0.15) is 0 Å². The van der Waals surface area contributed by atoms with Gasteiger partial charge in [-0.15, -0.1) is 0 Å². The van der Waals surface area contributed by atoms with E-state index in [2.05, 4.69) is 0 Å². The fourth-order valence-corrected chi connectivity index (χ4v) is 0. The molecule has 0 unspecified atom stereocenters. The van der Waals surface area contributed by atoms with E-state index >= 15 is 0 Å². The van der Waals surface area contributed by atoms with Crippen molar-refractivity contribution in [3.63, 3.8) is 0 Å². The van der Waals surface area contributed by atoms with Gasteiger partial charge >= 0.3 is 39.9 Å². The number of hydrogen-bond donors (Lipinski definition) is 0. The third-order valence-corrected chi connectivity index (χ3v) is 0. The van der Waals surface area contributed by atoms with Gasteiger partial charge in [-0.3, -0.25) is 0 Å². The normalized spacial score (nSPS) is 10.9. The molecule has 0 saturated carbocycles. The molecule has 11 heavy (non-hydrogen) atoms. The van der Waals surface area contributed by atoms with E-state index in [9.17, 15) is 0 Å². The number of rotatable bonds is 0. The van der Waals surface area contributed by atoms with Gasteiger partial charge in [-0.2, -0.15) is 0 Å². The molecule has 0 fully saturated rings. The van der Waals surface area contributed by atoms with Gasteiger partial charge in [-0.1, -0.05) is 55.8 Å². The Hall–Kier alpha value is 1.68. The van der Waals surface area contributed by atoms with Crippen LogP contribution in [-0.4, -0.2) is 16.5 Å². The summed E-state index contributed by atoms with van der Waals surface area (Å²) in [6, 6.07) is 0. The number of nitrogens with one attached hydrogen (secondary N) is 2. The Morgan fingerprint density at radius 1 is 0.636 bits per heavy atom. The Morgan fingerprint density at radius 3 is 0.636 bits per heavy atom. The van der Waals surface area contributed by atoms with Crippen molar-refractivity contribution in [2.75, 3.05) is 0 Å². The van der Waals surface area contributed by atoms with E-state index < -0.39 is 16.5 Å². The third kappa shape index (κ3) is 388. The largest absolute Gasteiger partial charge is 2.00 e. The molecular formula is C6H20GdN2Si2. The quantitative estimate of drug-likeness (QED) is 0.606. The van der Waals surface area contributed by atoms with Crippen LogP contribution < -0.4 is 0 Å². The second-order valence-corrected chi connectivity index (χ2v) is 13.5. The van der Waals surface area contributed by atoms with Gasteiger partial charge in [-0.05, 0) is 0 Å². The van der Waals surface area contributed by atoms with E-state index in [1.165, 1.54) is 0 Å². The Morgan fingerprint density at radius 2 is 0.636 bits per heavy atom. The molecule has 2 nitrogen and oxygen atoms in total. The van der Waals surface area contributed by atoms with Crippen molar-refractivity contribution in [2.45, 2.75) is 39.3 Å². The maximum atomic E-state index is 7.08. The van der Waals surface area contributed by atoms with Crippen molar-refractivity contribution < 1.29 is 39.9 Å². The summed E-state index contributed by atoms with van der Waals surface area (Å²) in [7, 11) is -2.72. The molecule has 2 N–H and O–H groups in total. The average molecular weight is 334 g/mol. The van der Waals surface area contributed by atoms with Crippen molar-refractivity contribution >= 4 is 16.5 Å². The Labute approximate surface area is 105 Å². The van der Waals surface area contributed by atoms with E-state index in [4.69, 9.17) is 10.8 Å². The molecular weight excluding hydrogens is 314 g/mol. The van der Waals surface area contributed by atoms with Gasteiger partial charge in [0.05, 0.1) is 0 Å². The van der Waals surface area contributed by atoms with Crippen LogP contribution in [0.5, 0.6) is 0 Å². The Kier molecular flexibility index (Phi) is 11.9. The molecule has 5 heteroatoms. The molecule has 0 radical (unpaired) electrons. The van der Waals surface area contributed by atoms with Crippen LogP contribution in [0, 0.1) is 39.9 Å². The maximum Gasteiger partial charge on any atom is 2.00 e. The Bertz CT molecular complexity index is 61.6. The van der Waals surface area contributed by atoms with Crippen molar-refractivity contribution in [3.8, 4) is 0 Å². The first kappa shape index (κ1) is 18.5. The molecule has 0 amide bonds. The summed E-state index contributed by atoms with van der Waals surface area (Å²) in [5.74, 6) is 0. The van der Waals surface area contributed by atoms with Crippen LogP contribution in [0.1, 0.15) is 0 Å². The first-order valence-corrected chi connectivity index (χ1v) is 10.5. The summed E-state index contributed by atoms with van der Waals surface area (Å²) in [5.41, 5.74) is 0. The van der Waals surface area contributed by atoms with Crippen molar-refractivity contribution in [2.24, 2.45) is 0 Å². The summed E-state index contributed by atoms with van der Waals surface area (Å²) in [6.45, 7) is 12.0. The van der Waals surface area contributed by atoms with E-state index in [0.717, 1.165) is 0 Å². The molecule has 0 aromatic carbocycles. The van der Waals surface area contributed by atoms with Gasteiger partial charge in [0.2, 0.25) is 0 Å². The number of hydrogen-bond acceptors (Lipinski definition) is 0. The van der Waals surface area contributed by atoms with Crippen LogP contribution in [0.3, 0.4) is 0 Å². The van der Waals surface area contributed by atoms with E-state index in [1.807, 2.05) is 39.3 Å². The van der Waals surface area contributed by atoms with Gasteiger partial charge < -0.3 is 10.8 Å². The zero-order valence-electron chi connectivity index (χ0n) is 8.35. The molecule has 0 heterocycles.